The van der Waals surface area contributed by atoms with Gasteiger partial charge in [0.2, 0.25) is 0 Å². The van der Waals surface area contributed by atoms with Crippen LogP contribution >= 0.6 is 0 Å². The number of ether oxygens (including phenoxy) is 1. The van der Waals surface area contributed by atoms with Gasteiger partial charge in [0, 0.05) is 24.5 Å². The molecule has 26 heavy (non-hydrogen) atoms. The van der Waals surface area contributed by atoms with Gasteiger partial charge in [0.15, 0.2) is 0 Å². The number of anilines is 4. The molecule has 6 nitrogen and oxygen atoms in total. The Morgan fingerprint density at radius 3 is 2.38 bits per heavy atom. The Kier molecular flexibility index (Phi) is 3.97. The molecule has 0 saturated carbocycles. The summed E-state index contributed by atoms with van der Waals surface area (Å²) in [6, 6.07) is 16.5. The zero-order valence-electron chi connectivity index (χ0n) is 15.1. The maximum absolute atomic E-state index is 6.15. The van der Waals surface area contributed by atoms with E-state index in [1.807, 2.05) is 43.4 Å². The smallest absolute Gasteiger partial charge is 0.144 e. The predicted octanol–water partition coefficient (Wildman–Crippen LogP) is 4.08. The number of nitrogens with two attached hydrogens (primary N) is 1. The van der Waals surface area contributed by atoms with Crippen LogP contribution in [-0.2, 0) is 0 Å². The van der Waals surface area contributed by atoms with Crippen molar-refractivity contribution in [2.75, 3.05) is 35.4 Å². The number of benzene rings is 3. The molecule has 0 spiro atoms. The van der Waals surface area contributed by atoms with E-state index >= 15 is 0 Å². The van der Waals surface area contributed by atoms with Gasteiger partial charge in [-0.3, -0.25) is 10.9 Å². The Hall–Kier alpha value is -3.12. The first-order valence-electron chi connectivity index (χ1n) is 8.63. The Bertz CT molecular complexity index is 937. The van der Waals surface area contributed by atoms with Gasteiger partial charge in [-0.05, 0) is 30.0 Å². The Labute approximate surface area is 152 Å². The zero-order valence-corrected chi connectivity index (χ0v) is 15.1. The van der Waals surface area contributed by atoms with Crippen molar-refractivity contribution in [2.24, 2.45) is 5.73 Å². The molecule has 0 amide bonds. The average molecular weight is 349 g/mol. The lowest BCUT2D eigenvalue weighted by molar-refractivity contribution is 0.417. The summed E-state index contributed by atoms with van der Waals surface area (Å²) in [6.07, 6.45) is 0. The molecule has 6 heteroatoms. The van der Waals surface area contributed by atoms with Crippen LogP contribution in [0, 0.1) is 0 Å². The molecule has 1 unspecified atom stereocenters. The molecule has 3 aromatic carbocycles. The molecule has 0 fully saturated rings. The van der Waals surface area contributed by atoms with E-state index in [0.29, 0.717) is 0 Å². The molecule has 5 N–H and O–H groups in total. The fraction of sp³-hybridized carbons (Fsp3) is 0.200. The highest BCUT2D eigenvalue weighted by Crippen LogP contribution is 2.41. The number of nitrogens with one attached hydrogen (secondary N) is 3. The number of nitrogens with zero attached hydrogens (tertiary/aromatic N) is 1. The highest BCUT2D eigenvalue weighted by Gasteiger charge is 2.22. The van der Waals surface area contributed by atoms with Crippen LogP contribution < -0.4 is 31.8 Å². The number of hydrogen-bond donors (Lipinski definition) is 4. The third-order valence-corrected chi connectivity index (χ3v) is 4.74. The van der Waals surface area contributed by atoms with E-state index in [1.54, 1.807) is 7.11 Å². The van der Waals surface area contributed by atoms with Crippen molar-refractivity contribution in [2.45, 2.75) is 13.0 Å². The van der Waals surface area contributed by atoms with Gasteiger partial charge < -0.3 is 15.8 Å². The summed E-state index contributed by atoms with van der Waals surface area (Å²) in [6.45, 7) is 2.01. The van der Waals surface area contributed by atoms with Gasteiger partial charge >= 0.3 is 0 Å². The molecular formula is C20H23N5O. The van der Waals surface area contributed by atoms with Crippen LogP contribution in [0.2, 0.25) is 0 Å². The normalized spacial score (nSPS) is 13.8. The lowest BCUT2D eigenvalue weighted by Gasteiger charge is -2.22. The van der Waals surface area contributed by atoms with Gasteiger partial charge in [-0.1, -0.05) is 30.3 Å². The van der Waals surface area contributed by atoms with Crippen LogP contribution in [0.3, 0.4) is 0 Å². The molecule has 1 heterocycles. The minimum Gasteiger partial charge on any atom is -0.495 e. The molecule has 0 aromatic heterocycles. The van der Waals surface area contributed by atoms with Crippen LogP contribution in [0.25, 0.3) is 10.8 Å². The highest BCUT2D eigenvalue weighted by molar-refractivity contribution is 5.99. The molecule has 1 atom stereocenters. The van der Waals surface area contributed by atoms with Crippen molar-refractivity contribution in [1.29, 1.82) is 0 Å². The molecule has 1 aliphatic heterocycles. The molecule has 0 aliphatic carbocycles. The number of hydrazine groups is 2. The lowest BCUT2D eigenvalue weighted by atomic mass is 9.99. The molecule has 0 saturated heterocycles. The van der Waals surface area contributed by atoms with Gasteiger partial charge in [0.25, 0.3) is 0 Å². The number of rotatable bonds is 4. The van der Waals surface area contributed by atoms with Crippen LogP contribution in [-0.4, -0.2) is 14.2 Å². The Morgan fingerprint density at radius 2 is 1.73 bits per heavy atom. The number of methoxy groups -OCH3 is 1. The summed E-state index contributed by atoms with van der Waals surface area (Å²) in [5.41, 5.74) is 18.0. The SMILES string of the molecule is CNc1cc2c(cc1OC)NN(c1ccc(C(C)N)c3ccccc13)N2. The highest BCUT2D eigenvalue weighted by atomic mass is 16.5. The van der Waals surface area contributed by atoms with Gasteiger partial charge in [-0.15, -0.1) is 0 Å². The quantitative estimate of drug-likeness (QED) is 0.569. The average Bonchev–Trinajstić information content (AvgIpc) is 3.08. The van der Waals surface area contributed by atoms with E-state index in [9.17, 15) is 0 Å². The van der Waals surface area contributed by atoms with E-state index in [-0.39, 0.29) is 6.04 Å². The van der Waals surface area contributed by atoms with Gasteiger partial charge in [-0.2, -0.15) is 5.12 Å². The van der Waals surface area contributed by atoms with Crippen molar-refractivity contribution >= 4 is 33.5 Å². The largest absolute Gasteiger partial charge is 0.495 e. The monoisotopic (exact) mass is 349 g/mol. The summed E-state index contributed by atoms with van der Waals surface area (Å²) in [7, 11) is 3.55. The minimum absolute atomic E-state index is 0.0203. The lowest BCUT2D eigenvalue weighted by Crippen LogP contribution is -2.29. The van der Waals surface area contributed by atoms with Crippen molar-refractivity contribution in [1.82, 2.24) is 0 Å². The topological polar surface area (TPSA) is 74.6 Å². The summed E-state index contributed by atoms with van der Waals surface area (Å²) < 4.78 is 5.45. The third kappa shape index (κ3) is 2.55. The fourth-order valence-electron chi connectivity index (χ4n) is 3.42. The van der Waals surface area contributed by atoms with Crippen molar-refractivity contribution in [3.8, 4) is 5.75 Å². The first-order chi connectivity index (χ1) is 12.6. The second-order valence-electron chi connectivity index (χ2n) is 6.42. The maximum Gasteiger partial charge on any atom is 0.144 e. The van der Waals surface area contributed by atoms with Crippen molar-refractivity contribution in [3.05, 3.63) is 54.1 Å². The Balaban J connectivity index is 1.77. The van der Waals surface area contributed by atoms with Crippen LogP contribution in [0.4, 0.5) is 22.7 Å². The van der Waals surface area contributed by atoms with E-state index < -0.39 is 0 Å². The minimum atomic E-state index is -0.0203. The first-order valence-corrected chi connectivity index (χ1v) is 8.63. The molecule has 1 aliphatic rings. The fourth-order valence-corrected chi connectivity index (χ4v) is 3.42. The van der Waals surface area contributed by atoms with Gasteiger partial charge in [0.05, 0.1) is 29.9 Å². The zero-order chi connectivity index (χ0) is 18.3. The van der Waals surface area contributed by atoms with Crippen LogP contribution in [0.1, 0.15) is 18.5 Å². The molecule has 0 bridgehead atoms. The Morgan fingerprint density at radius 1 is 1.04 bits per heavy atom. The van der Waals surface area contributed by atoms with Crippen molar-refractivity contribution in [3.63, 3.8) is 0 Å². The summed E-state index contributed by atoms with van der Waals surface area (Å²) in [4.78, 5) is 0. The van der Waals surface area contributed by atoms with E-state index in [4.69, 9.17) is 10.5 Å². The van der Waals surface area contributed by atoms with E-state index in [2.05, 4.69) is 40.4 Å². The molecule has 3 aromatic rings. The van der Waals surface area contributed by atoms with E-state index in [1.165, 1.54) is 0 Å². The molecular weight excluding hydrogens is 326 g/mol. The third-order valence-electron chi connectivity index (χ3n) is 4.74. The first kappa shape index (κ1) is 16.4. The maximum atomic E-state index is 6.15. The van der Waals surface area contributed by atoms with Gasteiger partial charge in [-0.25, -0.2) is 0 Å². The number of fused-ring (bicyclic) bond motifs is 2. The number of hydrogen-bond acceptors (Lipinski definition) is 6. The van der Waals surface area contributed by atoms with Gasteiger partial charge in [0.1, 0.15) is 5.75 Å². The van der Waals surface area contributed by atoms with E-state index in [0.717, 1.165) is 44.8 Å². The molecule has 134 valence electrons. The second kappa shape index (κ2) is 6.31. The van der Waals surface area contributed by atoms with Crippen LogP contribution in [0.5, 0.6) is 5.75 Å². The summed E-state index contributed by atoms with van der Waals surface area (Å²) in [5, 5.41) is 7.38. The molecule has 4 rings (SSSR count). The standard InChI is InChI=1S/C20H23N5O/c1-12(21)13-8-9-19(15-7-5-4-6-14(13)15)25-23-16-10-18(22-2)20(26-3)11-17(16)24-25/h4-12,22-24H,21H2,1-3H3. The molecule has 0 radical (unpaired) electrons. The predicted molar refractivity (Wildman–Crippen MR) is 109 cm³/mol. The van der Waals surface area contributed by atoms with Crippen LogP contribution in [0.15, 0.2) is 48.5 Å². The summed E-state index contributed by atoms with van der Waals surface area (Å²) in [5.74, 6) is 0.791. The second-order valence-corrected chi connectivity index (χ2v) is 6.42. The summed E-state index contributed by atoms with van der Waals surface area (Å²) >= 11 is 0. The van der Waals surface area contributed by atoms with Crippen molar-refractivity contribution < 1.29 is 4.74 Å².